The summed E-state index contributed by atoms with van der Waals surface area (Å²) in [5.74, 6) is -0.169. The number of rotatable bonds is 4. The number of nitrogens with zero attached hydrogens (tertiary/aromatic N) is 2. The van der Waals surface area contributed by atoms with Crippen LogP contribution in [0.15, 0.2) is 24.3 Å². The van der Waals surface area contributed by atoms with Crippen LogP contribution in [0.1, 0.15) is 24.9 Å². The second-order valence-electron chi connectivity index (χ2n) is 6.51. The second-order valence-corrected chi connectivity index (χ2v) is 6.51. The predicted octanol–water partition coefficient (Wildman–Crippen LogP) is 3.05. The number of halogens is 4. The third kappa shape index (κ3) is 5.48. The number of ether oxygens (including phenoxy) is 1. The van der Waals surface area contributed by atoms with E-state index >= 15 is 0 Å². The lowest BCUT2D eigenvalue weighted by molar-refractivity contribution is -0.274. The molecule has 2 atom stereocenters. The summed E-state index contributed by atoms with van der Waals surface area (Å²) in [7, 11) is 0. The number of piperazine rings is 1. The first-order valence-corrected chi connectivity index (χ1v) is 8.47. The maximum atomic E-state index is 12.2. The molecule has 2 fully saturated rings. The Balaban J connectivity index is 0.00000225. The average Bonchev–Trinajstić information content (AvgIpc) is 3.08. The van der Waals surface area contributed by atoms with Crippen molar-refractivity contribution in [1.29, 1.82) is 0 Å². The molecule has 25 heavy (non-hydrogen) atoms. The third-order valence-corrected chi connectivity index (χ3v) is 5.04. The summed E-state index contributed by atoms with van der Waals surface area (Å²) in [6.07, 6.45) is -3.42. The van der Waals surface area contributed by atoms with Crippen LogP contribution in [-0.2, 0) is 0 Å². The van der Waals surface area contributed by atoms with E-state index in [-0.39, 0.29) is 24.2 Å². The van der Waals surface area contributed by atoms with Gasteiger partial charge in [-0.15, -0.1) is 25.6 Å². The van der Waals surface area contributed by atoms with E-state index in [0.717, 1.165) is 44.8 Å². The Morgan fingerprint density at radius 1 is 1.12 bits per heavy atom. The largest absolute Gasteiger partial charge is 0.573 e. The summed E-state index contributed by atoms with van der Waals surface area (Å²) in [5, 5.41) is 3.40. The number of benzene rings is 1. The fourth-order valence-electron chi connectivity index (χ4n) is 3.60. The lowest BCUT2D eigenvalue weighted by Crippen LogP contribution is -2.51. The van der Waals surface area contributed by atoms with Crippen molar-refractivity contribution in [2.45, 2.75) is 31.8 Å². The minimum Gasteiger partial charge on any atom is -0.406 e. The van der Waals surface area contributed by atoms with Gasteiger partial charge in [-0.2, -0.15) is 0 Å². The second kappa shape index (κ2) is 8.58. The summed E-state index contributed by atoms with van der Waals surface area (Å²) in [5.41, 5.74) is 1.01. The number of nitrogens with one attached hydrogen (secondary N) is 1. The van der Waals surface area contributed by atoms with Crippen LogP contribution in [0.25, 0.3) is 0 Å². The van der Waals surface area contributed by atoms with Crippen LogP contribution in [0.3, 0.4) is 0 Å². The predicted molar refractivity (Wildman–Crippen MR) is 93.2 cm³/mol. The summed E-state index contributed by atoms with van der Waals surface area (Å²) >= 11 is 0. The highest BCUT2D eigenvalue weighted by molar-refractivity contribution is 5.85. The van der Waals surface area contributed by atoms with Crippen molar-refractivity contribution < 1.29 is 17.9 Å². The minimum atomic E-state index is -4.64. The minimum absolute atomic E-state index is 0. The van der Waals surface area contributed by atoms with Gasteiger partial charge in [-0.25, -0.2) is 0 Å². The molecule has 2 aliphatic rings. The molecule has 0 amide bonds. The Hall–Kier alpha value is -1.02. The van der Waals surface area contributed by atoms with E-state index < -0.39 is 6.36 Å². The fourth-order valence-corrected chi connectivity index (χ4v) is 3.60. The van der Waals surface area contributed by atoms with E-state index in [1.165, 1.54) is 18.6 Å². The molecule has 0 radical (unpaired) electrons. The first-order valence-electron chi connectivity index (χ1n) is 8.47. The van der Waals surface area contributed by atoms with Crippen LogP contribution >= 0.6 is 12.4 Å². The van der Waals surface area contributed by atoms with Crippen LogP contribution in [0.2, 0.25) is 0 Å². The van der Waals surface area contributed by atoms with Crippen molar-refractivity contribution in [1.82, 2.24) is 15.1 Å². The molecule has 4 nitrogen and oxygen atoms in total. The highest BCUT2D eigenvalue weighted by Gasteiger charge is 2.31. The van der Waals surface area contributed by atoms with E-state index in [0.29, 0.717) is 6.04 Å². The molecule has 1 N–H and O–H groups in total. The Kier molecular flexibility index (Phi) is 6.96. The zero-order valence-corrected chi connectivity index (χ0v) is 15.1. The smallest absolute Gasteiger partial charge is 0.406 e. The van der Waals surface area contributed by atoms with Crippen LogP contribution in [0.4, 0.5) is 13.2 Å². The van der Waals surface area contributed by atoms with Crippen molar-refractivity contribution in [3.63, 3.8) is 0 Å². The van der Waals surface area contributed by atoms with Gasteiger partial charge in [-0.3, -0.25) is 9.80 Å². The molecule has 3 rings (SSSR count). The SMILES string of the molecule is CC(c1ccc(OC(F)(F)F)cc1)N1CCN(C2CCNC2)CC1.Cl. The van der Waals surface area contributed by atoms with Gasteiger partial charge in [-0.05, 0) is 37.6 Å². The van der Waals surface area contributed by atoms with Gasteiger partial charge in [-0.1, -0.05) is 12.1 Å². The van der Waals surface area contributed by atoms with Gasteiger partial charge in [0.25, 0.3) is 0 Å². The van der Waals surface area contributed by atoms with E-state index in [1.54, 1.807) is 12.1 Å². The van der Waals surface area contributed by atoms with Gasteiger partial charge in [0.05, 0.1) is 0 Å². The average molecular weight is 380 g/mol. The molecule has 0 saturated carbocycles. The quantitative estimate of drug-likeness (QED) is 0.870. The molecule has 2 unspecified atom stereocenters. The Labute approximate surface area is 152 Å². The van der Waals surface area contributed by atoms with E-state index in [4.69, 9.17) is 0 Å². The summed E-state index contributed by atoms with van der Waals surface area (Å²) < 4.78 is 40.6. The highest BCUT2D eigenvalue weighted by atomic mass is 35.5. The van der Waals surface area contributed by atoms with Gasteiger partial charge < -0.3 is 10.1 Å². The van der Waals surface area contributed by atoms with Crippen LogP contribution in [0, 0.1) is 0 Å². The third-order valence-electron chi connectivity index (χ3n) is 5.04. The number of hydrogen-bond acceptors (Lipinski definition) is 4. The molecule has 2 heterocycles. The van der Waals surface area contributed by atoms with Gasteiger partial charge in [0.1, 0.15) is 5.75 Å². The maximum absolute atomic E-state index is 12.2. The maximum Gasteiger partial charge on any atom is 0.573 e. The number of hydrogen-bond donors (Lipinski definition) is 1. The van der Waals surface area contributed by atoms with Crippen molar-refractivity contribution in [3.8, 4) is 5.75 Å². The zero-order chi connectivity index (χ0) is 17.2. The van der Waals surface area contributed by atoms with Crippen molar-refractivity contribution in [2.75, 3.05) is 39.3 Å². The highest BCUT2D eigenvalue weighted by Crippen LogP contribution is 2.27. The number of alkyl halides is 3. The normalized spacial score (nSPS) is 23.9. The standard InChI is InChI=1S/C17H24F3N3O.ClH/c1-13(14-2-4-16(5-3-14)24-17(18,19)20)22-8-10-23(11-9-22)15-6-7-21-12-15;/h2-5,13,15,21H,6-12H2,1H3;1H. The molecule has 2 saturated heterocycles. The monoisotopic (exact) mass is 379 g/mol. The first kappa shape index (κ1) is 20.3. The lowest BCUT2D eigenvalue weighted by Gasteiger charge is -2.40. The van der Waals surface area contributed by atoms with Crippen molar-refractivity contribution >= 4 is 12.4 Å². The Morgan fingerprint density at radius 3 is 2.28 bits per heavy atom. The van der Waals surface area contributed by atoms with Gasteiger partial charge in [0.2, 0.25) is 0 Å². The molecule has 0 aliphatic carbocycles. The molecule has 1 aromatic rings. The molecule has 8 heteroatoms. The van der Waals surface area contributed by atoms with Gasteiger partial charge in [0.15, 0.2) is 0 Å². The molecular weight excluding hydrogens is 355 g/mol. The van der Waals surface area contributed by atoms with E-state index in [1.807, 2.05) is 0 Å². The fraction of sp³-hybridized carbons (Fsp3) is 0.647. The molecule has 0 bridgehead atoms. The summed E-state index contributed by atoms with van der Waals surface area (Å²) in [6.45, 7) is 8.35. The summed E-state index contributed by atoms with van der Waals surface area (Å²) in [6, 6.07) is 7.06. The first-order chi connectivity index (χ1) is 11.4. The van der Waals surface area contributed by atoms with Crippen LogP contribution in [0.5, 0.6) is 5.75 Å². The molecular formula is C17H25ClF3N3O. The van der Waals surface area contributed by atoms with Gasteiger partial charge >= 0.3 is 6.36 Å². The molecule has 1 aromatic carbocycles. The van der Waals surface area contributed by atoms with E-state index in [2.05, 4.69) is 26.8 Å². The van der Waals surface area contributed by atoms with Crippen LogP contribution in [-0.4, -0.2) is 61.5 Å². The molecule has 0 aromatic heterocycles. The zero-order valence-electron chi connectivity index (χ0n) is 14.3. The van der Waals surface area contributed by atoms with Crippen molar-refractivity contribution in [2.24, 2.45) is 0 Å². The van der Waals surface area contributed by atoms with Crippen LogP contribution < -0.4 is 10.1 Å². The molecule has 0 spiro atoms. The van der Waals surface area contributed by atoms with E-state index in [9.17, 15) is 13.2 Å². The topological polar surface area (TPSA) is 27.7 Å². The Bertz CT molecular complexity index is 527. The van der Waals surface area contributed by atoms with Gasteiger partial charge in [0, 0.05) is 44.8 Å². The molecule has 2 aliphatic heterocycles. The summed E-state index contributed by atoms with van der Waals surface area (Å²) in [4.78, 5) is 4.93. The molecule has 142 valence electrons. The van der Waals surface area contributed by atoms with Crippen molar-refractivity contribution in [3.05, 3.63) is 29.8 Å². The lowest BCUT2D eigenvalue weighted by atomic mass is 10.1. The Morgan fingerprint density at radius 2 is 1.76 bits per heavy atom.